The standard InChI is InChI=1S/C27H33N3O2/c1-32-23-12-13-26-25(18-23)24(14-16-29-26)27(31)20-30-17-6-5-11-22(30)19-28-15-7-10-21-8-3-2-4-9-21/h2-4,7-10,12-14,16,18,22,27-28,31H,5-6,11,15,17,19-20H2,1H3. The highest BCUT2D eigenvalue weighted by atomic mass is 16.5. The molecule has 0 amide bonds. The Kier molecular flexibility index (Phi) is 7.88. The van der Waals surface area contributed by atoms with E-state index in [2.05, 4.69) is 51.6 Å². The normalized spacial score (nSPS) is 18.2. The van der Waals surface area contributed by atoms with Gasteiger partial charge in [-0.15, -0.1) is 0 Å². The van der Waals surface area contributed by atoms with E-state index in [1.807, 2.05) is 30.3 Å². The summed E-state index contributed by atoms with van der Waals surface area (Å²) in [6, 6.07) is 18.6. The molecule has 2 N–H and O–H groups in total. The van der Waals surface area contributed by atoms with Crippen LogP contribution in [-0.4, -0.2) is 54.3 Å². The smallest absolute Gasteiger partial charge is 0.119 e. The molecule has 2 atom stereocenters. The molecule has 168 valence electrons. The van der Waals surface area contributed by atoms with E-state index in [0.29, 0.717) is 12.6 Å². The van der Waals surface area contributed by atoms with Crippen LogP contribution in [0.2, 0.25) is 0 Å². The predicted octanol–water partition coefficient (Wildman–Crippen LogP) is 4.43. The summed E-state index contributed by atoms with van der Waals surface area (Å²) in [5.41, 5.74) is 3.01. The number of hydrogen-bond acceptors (Lipinski definition) is 5. The molecule has 0 radical (unpaired) electrons. The number of ether oxygens (including phenoxy) is 1. The van der Waals surface area contributed by atoms with Crippen LogP contribution >= 0.6 is 0 Å². The average molecular weight is 432 g/mol. The predicted molar refractivity (Wildman–Crippen MR) is 131 cm³/mol. The molecule has 1 aromatic heterocycles. The van der Waals surface area contributed by atoms with Gasteiger partial charge in [0.2, 0.25) is 0 Å². The summed E-state index contributed by atoms with van der Waals surface area (Å²) in [6.07, 6.45) is 9.13. The van der Waals surface area contributed by atoms with Crippen molar-refractivity contribution in [3.05, 3.63) is 78.0 Å². The van der Waals surface area contributed by atoms with E-state index < -0.39 is 6.10 Å². The van der Waals surface area contributed by atoms with Crippen molar-refractivity contribution >= 4 is 17.0 Å². The molecular formula is C27H33N3O2. The second-order valence-electron chi connectivity index (χ2n) is 8.41. The highest BCUT2D eigenvalue weighted by Gasteiger charge is 2.25. The van der Waals surface area contributed by atoms with Gasteiger partial charge in [0.25, 0.3) is 0 Å². The van der Waals surface area contributed by atoms with Crippen LogP contribution < -0.4 is 10.1 Å². The van der Waals surface area contributed by atoms with Gasteiger partial charge in [-0.05, 0) is 54.8 Å². The molecule has 4 rings (SSSR count). The van der Waals surface area contributed by atoms with Crippen LogP contribution in [0.5, 0.6) is 5.75 Å². The molecule has 5 nitrogen and oxygen atoms in total. The zero-order valence-electron chi connectivity index (χ0n) is 18.8. The van der Waals surface area contributed by atoms with Gasteiger partial charge in [-0.2, -0.15) is 0 Å². The molecule has 1 saturated heterocycles. The number of likely N-dealkylation sites (tertiary alicyclic amines) is 1. The largest absolute Gasteiger partial charge is 0.497 e. The molecule has 0 bridgehead atoms. The van der Waals surface area contributed by atoms with Crippen molar-refractivity contribution in [1.82, 2.24) is 15.2 Å². The van der Waals surface area contributed by atoms with Gasteiger partial charge in [0.05, 0.1) is 18.7 Å². The third-order valence-corrected chi connectivity index (χ3v) is 6.25. The number of β-amino-alcohol motifs (C(OH)–C–C–N with tert-alkyl or cyclic N) is 1. The monoisotopic (exact) mass is 431 g/mol. The van der Waals surface area contributed by atoms with Gasteiger partial charge >= 0.3 is 0 Å². The molecule has 1 aliphatic heterocycles. The lowest BCUT2D eigenvalue weighted by Gasteiger charge is -2.37. The second-order valence-corrected chi connectivity index (χ2v) is 8.41. The van der Waals surface area contributed by atoms with Crippen molar-refractivity contribution in [2.45, 2.75) is 31.4 Å². The minimum Gasteiger partial charge on any atom is -0.497 e. The average Bonchev–Trinajstić information content (AvgIpc) is 2.84. The number of aromatic nitrogens is 1. The van der Waals surface area contributed by atoms with E-state index >= 15 is 0 Å². The minimum absolute atomic E-state index is 0.436. The van der Waals surface area contributed by atoms with Gasteiger partial charge in [0.1, 0.15) is 5.75 Å². The van der Waals surface area contributed by atoms with Gasteiger partial charge in [-0.1, -0.05) is 48.9 Å². The first-order chi connectivity index (χ1) is 15.7. The maximum atomic E-state index is 11.1. The van der Waals surface area contributed by atoms with Crippen molar-refractivity contribution in [2.75, 3.05) is 33.3 Å². The fraction of sp³-hybridized carbons (Fsp3) is 0.370. The molecule has 0 spiro atoms. The summed E-state index contributed by atoms with van der Waals surface area (Å²) in [5.74, 6) is 0.780. The van der Waals surface area contributed by atoms with Crippen LogP contribution in [0.1, 0.15) is 36.5 Å². The number of rotatable bonds is 9. The van der Waals surface area contributed by atoms with Crippen LogP contribution in [0.15, 0.2) is 66.9 Å². The molecule has 1 aliphatic rings. The Balaban J connectivity index is 1.37. The number of hydrogen-bond donors (Lipinski definition) is 2. The van der Waals surface area contributed by atoms with Crippen LogP contribution in [0.25, 0.3) is 17.0 Å². The third kappa shape index (κ3) is 5.74. The third-order valence-electron chi connectivity index (χ3n) is 6.25. The molecule has 1 fully saturated rings. The van der Waals surface area contributed by atoms with Gasteiger partial charge in [-0.25, -0.2) is 0 Å². The fourth-order valence-electron chi connectivity index (χ4n) is 4.51. The van der Waals surface area contributed by atoms with Crippen LogP contribution in [-0.2, 0) is 0 Å². The van der Waals surface area contributed by atoms with E-state index in [1.165, 1.54) is 18.4 Å². The molecule has 2 unspecified atom stereocenters. The Hall–Kier alpha value is -2.73. The molecule has 2 heterocycles. The number of pyridine rings is 1. The highest BCUT2D eigenvalue weighted by molar-refractivity contribution is 5.83. The number of methoxy groups -OCH3 is 1. The van der Waals surface area contributed by atoms with Crippen molar-refractivity contribution < 1.29 is 9.84 Å². The molecule has 0 saturated carbocycles. The Bertz CT molecular complexity index is 1020. The maximum Gasteiger partial charge on any atom is 0.119 e. The number of aliphatic hydroxyl groups excluding tert-OH is 1. The lowest BCUT2D eigenvalue weighted by atomic mass is 9.99. The van der Waals surface area contributed by atoms with Crippen molar-refractivity contribution in [3.8, 4) is 5.75 Å². The summed E-state index contributed by atoms with van der Waals surface area (Å²) in [7, 11) is 1.66. The fourth-order valence-corrected chi connectivity index (χ4v) is 4.51. The molecule has 32 heavy (non-hydrogen) atoms. The van der Waals surface area contributed by atoms with Crippen molar-refractivity contribution in [1.29, 1.82) is 0 Å². The van der Waals surface area contributed by atoms with Crippen LogP contribution in [0, 0.1) is 0 Å². The van der Waals surface area contributed by atoms with Gasteiger partial charge in [-0.3, -0.25) is 9.88 Å². The first kappa shape index (κ1) is 22.5. The number of fused-ring (bicyclic) bond motifs is 1. The molecular weight excluding hydrogens is 398 g/mol. The van der Waals surface area contributed by atoms with Gasteiger partial charge < -0.3 is 15.2 Å². The first-order valence-electron chi connectivity index (χ1n) is 11.5. The summed E-state index contributed by atoms with van der Waals surface area (Å²) < 4.78 is 5.38. The lowest BCUT2D eigenvalue weighted by molar-refractivity contribution is 0.0678. The number of benzene rings is 2. The summed E-state index contributed by atoms with van der Waals surface area (Å²) in [6.45, 7) is 3.42. The zero-order valence-corrected chi connectivity index (χ0v) is 18.8. The molecule has 5 heteroatoms. The topological polar surface area (TPSA) is 57.6 Å². The SMILES string of the molecule is COc1ccc2nccc(C(O)CN3CCCCC3CNCC=Cc3ccccc3)c2c1. The second kappa shape index (κ2) is 11.2. The van der Waals surface area contributed by atoms with E-state index in [4.69, 9.17) is 4.74 Å². The van der Waals surface area contributed by atoms with E-state index in [9.17, 15) is 5.11 Å². The summed E-state index contributed by atoms with van der Waals surface area (Å²) in [4.78, 5) is 6.88. The summed E-state index contributed by atoms with van der Waals surface area (Å²) in [5, 5.41) is 15.7. The minimum atomic E-state index is -0.564. The Morgan fingerprint density at radius 3 is 2.91 bits per heavy atom. The van der Waals surface area contributed by atoms with Crippen molar-refractivity contribution in [2.24, 2.45) is 0 Å². The van der Waals surface area contributed by atoms with Gasteiger partial charge in [0, 0.05) is 37.3 Å². The number of piperidine rings is 1. The van der Waals surface area contributed by atoms with E-state index in [-0.39, 0.29) is 0 Å². The lowest BCUT2D eigenvalue weighted by Crippen LogP contribution is -2.47. The van der Waals surface area contributed by atoms with Crippen molar-refractivity contribution in [3.63, 3.8) is 0 Å². The molecule has 2 aromatic carbocycles. The van der Waals surface area contributed by atoms with Gasteiger partial charge in [0.15, 0.2) is 0 Å². The number of nitrogens with one attached hydrogen (secondary N) is 1. The molecule has 3 aromatic rings. The highest BCUT2D eigenvalue weighted by Crippen LogP contribution is 2.28. The first-order valence-corrected chi connectivity index (χ1v) is 11.5. The Morgan fingerprint density at radius 2 is 2.06 bits per heavy atom. The van der Waals surface area contributed by atoms with E-state index in [1.54, 1.807) is 13.3 Å². The van der Waals surface area contributed by atoms with Crippen LogP contribution in [0.3, 0.4) is 0 Å². The maximum absolute atomic E-state index is 11.1. The number of nitrogens with zero attached hydrogens (tertiary/aromatic N) is 2. The van der Waals surface area contributed by atoms with Crippen LogP contribution in [0.4, 0.5) is 0 Å². The quantitative estimate of drug-likeness (QED) is 0.491. The zero-order chi connectivity index (χ0) is 22.2. The van der Waals surface area contributed by atoms with E-state index in [0.717, 1.165) is 48.3 Å². The summed E-state index contributed by atoms with van der Waals surface area (Å²) >= 11 is 0. The molecule has 0 aliphatic carbocycles. The Morgan fingerprint density at radius 1 is 1.19 bits per heavy atom. The Labute approximate surface area is 190 Å². The number of aliphatic hydroxyl groups is 1.